The van der Waals surface area contributed by atoms with Gasteiger partial charge in [0.15, 0.2) is 0 Å². The van der Waals surface area contributed by atoms with Crippen LogP contribution in [0, 0.1) is 36.0 Å². The van der Waals surface area contributed by atoms with Crippen molar-refractivity contribution in [3.05, 3.63) is 19.6 Å². The van der Waals surface area contributed by atoms with Gasteiger partial charge in [-0.2, -0.15) is 0 Å². The van der Waals surface area contributed by atoms with E-state index in [1.165, 1.54) is 12.8 Å². The number of hydrogen-bond acceptors (Lipinski definition) is 2. The second kappa shape index (κ2) is 9.99. The molecule has 0 spiro atoms. The first-order valence-electron chi connectivity index (χ1n) is 9.46. The van der Waals surface area contributed by atoms with Gasteiger partial charge in [-0.1, -0.05) is 54.2 Å². The topological polar surface area (TPSA) is 32.8 Å². The predicted octanol–water partition coefficient (Wildman–Crippen LogP) is 6.04. The Labute approximate surface area is 220 Å². The van der Waals surface area contributed by atoms with Crippen molar-refractivity contribution in [2.45, 2.75) is 98.9 Å². The SMILES string of the molecule is C.CC(C)(C)[C@H]1C=C[C@](C)(O)CC1.CC1(C)[C@@H]2[C@H]1CC[C@@]1(C)O[C@@H]21.[CH3-].[Y].[Y]. The molecule has 1 aliphatic heterocycles. The quantitative estimate of drug-likeness (QED) is 0.236. The van der Waals surface area contributed by atoms with E-state index in [1.54, 1.807) is 0 Å². The van der Waals surface area contributed by atoms with Gasteiger partial charge < -0.3 is 17.3 Å². The summed E-state index contributed by atoms with van der Waals surface area (Å²) in [5.74, 6) is 2.52. The summed E-state index contributed by atoms with van der Waals surface area (Å²) in [5.41, 5.74) is 0.711. The molecule has 3 fully saturated rings. The molecule has 2 saturated carbocycles. The smallest absolute Gasteiger partial charge is 0.0923 e. The molecular formula is C23H43O2Y2-. The third-order valence-electron chi connectivity index (χ3n) is 7.12. The molecule has 27 heavy (non-hydrogen) atoms. The third-order valence-corrected chi connectivity index (χ3v) is 7.12. The van der Waals surface area contributed by atoms with Gasteiger partial charge in [-0.3, -0.25) is 0 Å². The van der Waals surface area contributed by atoms with Crippen molar-refractivity contribution in [2.75, 3.05) is 0 Å². The minimum atomic E-state index is -0.554. The molecule has 2 radical (unpaired) electrons. The molecule has 1 saturated heterocycles. The Morgan fingerprint density at radius 1 is 1.00 bits per heavy atom. The molecule has 4 aliphatic rings. The van der Waals surface area contributed by atoms with Crippen LogP contribution in [0.1, 0.15) is 81.6 Å². The Balaban J connectivity index is 0. The number of allylic oxidation sites excluding steroid dienone is 1. The maximum atomic E-state index is 9.67. The molecule has 0 aromatic heterocycles. The molecule has 3 aliphatic carbocycles. The summed E-state index contributed by atoms with van der Waals surface area (Å²) in [6, 6.07) is 0. The first-order chi connectivity index (χ1) is 10.4. The number of ether oxygens (including phenoxy) is 1. The molecule has 154 valence electrons. The van der Waals surface area contributed by atoms with Gasteiger partial charge in [0.25, 0.3) is 0 Å². The first kappa shape index (κ1) is 31.1. The zero-order valence-corrected chi connectivity index (χ0v) is 24.0. The van der Waals surface area contributed by atoms with Crippen LogP contribution in [-0.2, 0) is 70.2 Å². The van der Waals surface area contributed by atoms with E-state index in [9.17, 15) is 5.11 Å². The molecule has 1 heterocycles. The molecule has 2 nitrogen and oxygen atoms in total. The fraction of sp³-hybridized carbons (Fsp3) is 0.870. The molecule has 6 atom stereocenters. The summed E-state index contributed by atoms with van der Waals surface area (Å²) >= 11 is 0. The van der Waals surface area contributed by atoms with Gasteiger partial charge in [0, 0.05) is 65.4 Å². The van der Waals surface area contributed by atoms with Crippen molar-refractivity contribution in [2.24, 2.45) is 28.6 Å². The van der Waals surface area contributed by atoms with Crippen molar-refractivity contribution in [3.8, 4) is 0 Å². The molecule has 0 bridgehead atoms. The largest absolute Gasteiger partial charge is 0.386 e. The maximum absolute atomic E-state index is 9.67. The number of aliphatic hydroxyl groups is 1. The summed E-state index contributed by atoms with van der Waals surface area (Å²) in [6.45, 7) is 15.7. The zero-order valence-electron chi connectivity index (χ0n) is 18.3. The molecular weight excluding hydrogens is 486 g/mol. The minimum Gasteiger partial charge on any atom is -0.386 e. The summed E-state index contributed by atoms with van der Waals surface area (Å²) < 4.78 is 5.75. The molecule has 4 heteroatoms. The molecule has 4 rings (SSSR count). The monoisotopic (exact) mass is 529 g/mol. The van der Waals surface area contributed by atoms with Gasteiger partial charge in [-0.15, -0.1) is 0 Å². The Morgan fingerprint density at radius 3 is 1.96 bits per heavy atom. The van der Waals surface area contributed by atoms with Crippen LogP contribution in [0.5, 0.6) is 0 Å². The zero-order chi connectivity index (χ0) is 17.3. The van der Waals surface area contributed by atoms with Crippen LogP contribution >= 0.6 is 0 Å². The number of rotatable bonds is 0. The van der Waals surface area contributed by atoms with Gasteiger partial charge in [0.05, 0.1) is 17.3 Å². The summed E-state index contributed by atoms with van der Waals surface area (Å²) in [6.07, 6.45) is 9.47. The van der Waals surface area contributed by atoms with Crippen LogP contribution in [0.4, 0.5) is 0 Å². The fourth-order valence-corrected chi connectivity index (χ4v) is 4.96. The normalized spacial score (nSPS) is 42.1. The summed E-state index contributed by atoms with van der Waals surface area (Å²) in [4.78, 5) is 0. The number of epoxide rings is 1. The van der Waals surface area contributed by atoms with Crippen LogP contribution in [0.15, 0.2) is 12.2 Å². The van der Waals surface area contributed by atoms with Crippen molar-refractivity contribution in [1.82, 2.24) is 0 Å². The summed E-state index contributed by atoms with van der Waals surface area (Å²) in [5, 5.41) is 9.67. The second-order valence-corrected chi connectivity index (χ2v) is 10.6. The predicted molar refractivity (Wildman–Crippen MR) is 108 cm³/mol. The average Bonchev–Trinajstić information content (AvgIpc) is 3.22. The molecule has 1 N–H and O–H groups in total. The molecule has 0 amide bonds. The third kappa shape index (κ3) is 6.67. The van der Waals surface area contributed by atoms with E-state index in [1.807, 2.05) is 13.0 Å². The Bertz CT molecular complexity index is 507. The van der Waals surface area contributed by atoms with Gasteiger partial charge in [-0.25, -0.2) is 0 Å². The first-order valence-corrected chi connectivity index (χ1v) is 9.46. The van der Waals surface area contributed by atoms with Gasteiger partial charge in [0.2, 0.25) is 0 Å². The minimum absolute atomic E-state index is 0. The maximum Gasteiger partial charge on any atom is 0.0923 e. The number of hydrogen-bond donors (Lipinski definition) is 1. The van der Waals surface area contributed by atoms with E-state index in [0.717, 1.165) is 24.7 Å². The van der Waals surface area contributed by atoms with Crippen LogP contribution in [0.2, 0.25) is 0 Å². The van der Waals surface area contributed by atoms with Gasteiger partial charge in [-0.05, 0) is 68.1 Å². The van der Waals surface area contributed by atoms with Crippen molar-refractivity contribution in [1.29, 1.82) is 0 Å². The molecule has 0 unspecified atom stereocenters. The molecule has 0 aromatic carbocycles. The van der Waals surface area contributed by atoms with Crippen LogP contribution in [-0.4, -0.2) is 22.4 Å². The van der Waals surface area contributed by atoms with E-state index in [-0.39, 0.29) is 80.3 Å². The van der Waals surface area contributed by atoms with Crippen LogP contribution in [0.3, 0.4) is 0 Å². The van der Waals surface area contributed by atoms with Gasteiger partial charge >= 0.3 is 0 Å². The molecule has 0 aromatic rings. The van der Waals surface area contributed by atoms with Crippen molar-refractivity contribution < 1.29 is 75.3 Å². The van der Waals surface area contributed by atoms with Crippen molar-refractivity contribution in [3.63, 3.8) is 0 Å². The average molecular weight is 529 g/mol. The number of fused-ring (bicyclic) bond motifs is 3. The summed E-state index contributed by atoms with van der Waals surface area (Å²) in [7, 11) is 0. The van der Waals surface area contributed by atoms with E-state index < -0.39 is 5.60 Å². The Morgan fingerprint density at radius 2 is 1.56 bits per heavy atom. The Kier molecular flexibility index (Phi) is 11.5. The van der Waals surface area contributed by atoms with E-state index in [4.69, 9.17) is 4.74 Å². The Hall–Kier alpha value is 1.87. The van der Waals surface area contributed by atoms with Crippen LogP contribution in [0.25, 0.3) is 0 Å². The van der Waals surface area contributed by atoms with E-state index in [2.05, 4.69) is 47.6 Å². The van der Waals surface area contributed by atoms with Gasteiger partial charge in [0.1, 0.15) is 0 Å². The van der Waals surface area contributed by atoms with E-state index >= 15 is 0 Å². The standard InChI is InChI=1S/C11H20O.C10H16O.CH4.CH3.2Y/c1-10(2,3)9-5-7-11(4,12)8-6-9;1-9(2)6-4-5-10(3)8(11-10)7(6)9;;;;/h5,7,9,12H,6,8H2,1-4H3;6-8H,4-5H2,1-3H3;1H4;1H3;;/q;;;-1;;/t9-,11-;6-,7-,8+,10-;;;;/m01..../s1. The van der Waals surface area contributed by atoms with E-state index in [0.29, 0.717) is 28.5 Å². The van der Waals surface area contributed by atoms with Crippen LogP contribution < -0.4 is 0 Å². The van der Waals surface area contributed by atoms with Crippen molar-refractivity contribution >= 4 is 0 Å². The fourth-order valence-electron chi connectivity index (χ4n) is 4.96. The second-order valence-electron chi connectivity index (χ2n) is 10.6.